The maximum Gasteiger partial charge on any atom is 0.166 e. The minimum Gasteiger partial charge on any atom is -0.495 e. The van der Waals surface area contributed by atoms with Crippen molar-refractivity contribution in [3.8, 4) is 11.8 Å². The van der Waals surface area contributed by atoms with Crippen LogP contribution in [0.5, 0.6) is 5.75 Å². The van der Waals surface area contributed by atoms with Crippen LogP contribution in [0.4, 0.5) is 0 Å². The number of ether oxygens (including phenoxy) is 1. The Bertz CT molecular complexity index is 564. The summed E-state index contributed by atoms with van der Waals surface area (Å²) in [6.45, 7) is 0. The fourth-order valence-corrected chi connectivity index (χ4v) is 3.46. The lowest BCUT2D eigenvalue weighted by atomic mass is 9.85. The molecule has 2 heterocycles. The van der Waals surface area contributed by atoms with Crippen LogP contribution in [-0.4, -0.2) is 25.0 Å². The molecule has 2 fully saturated rings. The van der Waals surface area contributed by atoms with Crippen LogP contribution in [0.3, 0.4) is 0 Å². The first-order valence-corrected chi connectivity index (χ1v) is 7.09. The van der Waals surface area contributed by atoms with Gasteiger partial charge in [0.05, 0.1) is 12.7 Å². The highest BCUT2D eigenvalue weighted by Crippen LogP contribution is 2.33. The number of hydrogen-bond acceptors (Lipinski definition) is 4. The van der Waals surface area contributed by atoms with Crippen molar-refractivity contribution in [2.75, 3.05) is 7.11 Å². The van der Waals surface area contributed by atoms with Gasteiger partial charge in [0, 0.05) is 23.6 Å². The Morgan fingerprint density at radius 1 is 1.35 bits per heavy atom. The van der Waals surface area contributed by atoms with Crippen molar-refractivity contribution in [3.05, 3.63) is 29.3 Å². The van der Waals surface area contributed by atoms with E-state index in [4.69, 9.17) is 10.00 Å². The number of methoxy groups -OCH3 is 1. The predicted octanol–water partition coefficient (Wildman–Crippen LogP) is 2.28. The molecule has 0 radical (unpaired) electrons. The fraction of sp³-hybridized carbons (Fsp3) is 0.500. The van der Waals surface area contributed by atoms with Gasteiger partial charge in [-0.1, -0.05) is 0 Å². The van der Waals surface area contributed by atoms with Crippen LogP contribution in [0.15, 0.2) is 18.2 Å². The van der Waals surface area contributed by atoms with E-state index < -0.39 is 0 Å². The third-order valence-electron chi connectivity index (χ3n) is 4.45. The maximum atomic E-state index is 12.6. The minimum absolute atomic E-state index is 0.0914. The number of nitriles is 1. The molecule has 4 nitrogen and oxygen atoms in total. The topological polar surface area (TPSA) is 62.1 Å². The summed E-state index contributed by atoms with van der Waals surface area (Å²) in [4.78, 5) is 12.6. The van der Waals surface area contributed by atoms with Gasteiger partial charge in [0.15, 0.2) is 5.78 Å². The second-order valence-corrected chi connectivity index (χ2v) is 5.70. The molecule has 0 aliphatic carbocycles. The van der Waals surface area contributed by atoms with E-state index in [1.54, 1.807) is 18.2 Å². The molecular formula is C16H18N2O2. The van der Waals surface area contributed by atoms with Crippen molar-refractivity contribution >= 4 is 5.78 Å². The normalized spacial score (nSPS) is 27.9. The Balaban J connectivity index is 1.82. The van der Waals surface area contributed by atoms with Crippen LogP contribution in [-0.2, 0) is 0 Å². The molecule has 0 amide bonds. The highest BCUT2D eigenvalue weighted by Gasteiger charge is 2.36. The summed E-state index contributed by atoms with van der Waals surface area (Å²) < 4.78 is 5.12. The van der Waals surface area contributed by atoms with E-state index in [0.717, 1.165) is 12.8 Å². The van der Waals surface area contributed by atoms with Gasteiger partial charge in [-0.25, -0.2) is 0 Å². The molecule has 20 heavy (non-hydrogen) atoms. The largest absolute Gasteiger partial charge is 0.495 e. The number of ketones is 1. The van der Waals surface area contributed by atoms with Crippen molar-refractivity contribution in [2.24, 2.45) is 5.92 Å². The first-order chi connectivity index (χ1) is 9.71. The van der Waals surface area contributed by atoms with Crippen LogP contribution in [0.2, 0.25) is 0 Å². The lowest BCUT2D eigenvalue weighted by molar-refractivity contribution is 0.0875. The second-order valence-electron chi connectivity index (χ2n) is 5.70. The summed E-state index contributed by atoms with van der Waals surface area (Å²) in [5.41, 5.74) is 1.06. The molecule has 3 rings (SSSR count). The quantitative estimate of drug-likeness (QED) is 0.856. The molecular weight excluding hydrogens is 252 g/mol. The van der Waals surface area contributed by atoms with Gasteiger partial charge >= 0.3 is 0 Å². The summed E-state index contributed by atoms with van der Waals surface area (Å²) in [6.07, 6.45) is 4.20. The molecule has 2 atom stereocenters. The van der Waals surface area contributed by atoms with Crippen molar-refractivity contribution in [1.82, 2.24) is 5.32 Å². The molecule has 2 aliphatic rings. The summed E-state index contributed by atoms with van der Waals surface area (Å²) >= 11 is 0. The molecule has 2 saturated heterocycles. The minimum atomic E-state index is 0.0914. The molecule has 0 saturated carbocycles. The summed E-state index contributed by atoms with van der Waals surface area (Å²) in [6, 6.07) is 8.22. The van der Waals surface area contributed by atoms with Crippen LogP contribution >= 0.6 is 0 Å². The van der Waals surface area contributed by atoms with Crippen molar-refractivity contribution in [3.63, 3.8) is 0 Å². The van der Waals surface area contributed by atoms with Crippen molar-refractivity contribution < 1.29 is 9.53 Å². The zero-order chi connectivity index (χ0) is 14.1. The van der Waals surface area contributed by atoms with Gasteiger partial charge in [0.2, 0.25) is 0 Å². The first kappa shape index (κ1) is 13.1. The SMILES string of the molecule is COc1ccc(C(=O)C2CC3CCC(C2)N3)cc1C#N. The number of nitrogens with zero attached hydrogens (tertiary/aromatic N) is 1. The molecule has 0 spiro atoms. The average Bonchev–Trinajstić information content (AvgIpc) is 2.84. The van der Waals surface area contributed by atoms with Gasteiger partial charge in [-0.3, -0.25) is 4.79 Å². The van der Waals surface area contributed by atoms with E-state index in [2.05, 4.69) is 11.4 Å². The Morgan fingerprint density at radius 3 is 2.65 bits per heavy atom. The molecule has 0 aromatic heterocycles. The van der Waals surface area contributed by atoms with E-state index >= 15 is 0 Å². The number of nitrogens with one attached hydrogen (secondary N) is 1. The molecule has 2 aliphatic heterocycles. The third kappa shape index (κ3) is 2.30. The molecule has 4 heteroatoms. The van der Waals surface area contributed by atoms with Crippen molar-refractivity contribution in [2.45, 2.75) is 37.8 Å². The van der Waals surface area contributed by atoms with Gasteiger partial charge in [-0.05, 0) is 43.9 Å². The van der Waals surface area contributed by atoms with Crippen LogP contribution in [0, 0.1) is 17.2 Å². The number of hydrogen-bond donors (Lipinski definition) is 1. The maximum absolute atomic E-state index is 12.6. The first-order valence-electron chi connectivity index (χ1n) is 7.09. The molecule has 2 unspecified atom stereocenters. The smallest absolute Gasteiger partial charge is 0.166 e. The van der Waals surface area contributed by atoms with Gasteiger partial charge in [0.25, 0.3) is 0 Å². The second kappa shape index (κ2) is 5.26. The summed E-state index contributed by atoms with van der Waals surface area (Å²) in [7, 11) is 1.53. The number of piperidine rings is 1. The van der Waals surface area contributed by atoms with Crippen LogP contribution in [0.1, 0.15) is 41.6 Å². The Kier molecular flexibility index (Phi) is 3.45. The van der Waals surface area contributed by atoms with Gasteiger partial charge in [0.1, 0.15) is 11.8 Å². The van der Waals surface area contributed by atoms with Crippen LogP contribution in [0.25, 0.3) is 0 Å². The number of benzene rings is 1. The highest BCUT2D eigenvalue weighted by atomic mass is 16.5. The average molecular weight is 270 g/mol. The Hall–Kier alpha value is -1.86. The predicted molar refractivity (Wildman–Crippen MR) is 74.7 cm³/mol. The zero-order valence-corrected chi connectivity index (χ0v) is 11.6. The monoisotopic (exact) mass is 270 g/mol. The molecule has 104 valence electrons. The summed E-state index contributed by atoms with van der Waals surface area (Å²) in [5.74, 6) is 0.783. The number of carbonyl (C=O) groups is 1. The van der Waals surface area contributed by atoms with Crippen molar-refractivity contribution in [1.29, 1.82) is 5.26 Å². The van der Waals surface area contributed by atoms with Gasteiger partial charge in [-0.2, -0.15) is 5.26 Å². The number of fused-ring (bicyclic) bond motifs is 2. The van der Waals surface area contributed by atoms with E-state index in [0.29, 0.717) is 29.0 Å². The molecule has 1 aromatic carbocycles. The fourth-order valence-electron chi connectivity index (χ4n) is 3.46. The number of Topliss-reactive ketones (excluding diaryl/α,β-unsaturated/α-hetero) is 1. The van der Waals surface area contributed by atoms with Gasteiger partial charge in [-0.15, -0.1) is 0 Å². The Morgan fingerprint density at radius 2 is 2.05 bits per heavy atom. The van der Waals surface area contributed by atoms with Crippen LogP contribution < -0.4 is 10.1 Å². The highest BCUT2D eigenvalue weighted by molar-refractivity contribution is 5.98. The van der Waals surface area contributed by atoms with E-state index in [-0.39, 0.29) is 11.7 Å². The number of rotatable bonds is 3. The molecule has 2 bridgehead atoms. The summed E-state index contributed by atoms with van der Waals surface area (Å²) in [5, 5.41) is 12.7. The van der Waals surface area contributed by atoms with Gasteiger partial charge < -0.3 is 10.1 Å². The lowest BCUT2D eigenvalue weighted by Gasteiger charge is -2.28. The molecule has 1 aromatic rings. The van der Waals surface area contributed by atoms with E-state index in [1.807, 2.05) is 0 Å². The van der Waals surface area contributed by atoms with E-state index in [9.17, 15) is 4.79 Å². The standard InChI is InChI=1S/C16H18N2O2/c1-20-15-5-2-10(6-12(15)9-17)16(19)11-7-13-3-4-14(8-11)18-13/h2,5-6,11,13-14,18H,3-4,7-8H2,1H3. The number of carbonyl (C=O) groups excluding carboxylic acids is 1. The zero-order valence-electron chi connectivity index (χ0n) is 11.6. The van der Waals surface area contributed by atoms with E-state index in [1.165, 1.54) is 20.0 Å². The molecule has 1 N–H and O–H groups in total. The third-order valence-corrected chi connectivity index (χ3v) is 4.45. The Labute approximate surface area is 118 Å². The lowest BCUT2D eigenvalue weighted by Crippen LogP contribution is -2.40.